The lowest BCUT2D eigenvalue weighted by Crippen LogP contribution is -2.14. The van der Waals surface area contributed by atoms with Crippen LogP contribution in [0.3, 0.4) is 0 Å². The van der Waals surface area contributed by atoms with Crippen LogP contribution in [-0.4, -0.2) is 18.4 Å². The SMILES string of the molecule is O=C1OC(F)C([PH](=O)Oc2ccccc2)O1. The van der Waals surface area contributed by atoms with Gasteiger partial charge in [-0.1, -0.05) is 18.2 Å². The van der Waals surface area contributed by atoms with Gasteiger partial charge in [0.2, 0.25) is 0 Å². The Morgan fingerprint density at radius 2 is 1.94 bits per heavy atom. The fraction of sp³-hybridized carbons (Fsp3) is 0.222. The molecular weight excluding hydrogens is 238 g/mol. The van der Waals surface area contributed by atoms with E-state index in [1.165, 1.54) is 0 Å². The third kappa shape index (κ3) is 2.33. The molecule has 3 unspecified atom stereocenters. The second-order valence-electron chi connectivity index (χ2n) is 2.99. The van der Waals surface area contributed by atoms with Crippen molar-refractivity contribution in [2.75, 3.05) is 0 Å². The maximum atomic E-state index is 13.0. The molecule has 0 bridgehead atoms. The summed E-state index contributed by atoms with van der Waals surface area (Å²) in [5.74, 6) is -1.15. The largest absolute Gasteiger partial charge is 0.512 e. The lowest BCUT2D eigenvalue weighted by molar-refractivity contribution is 0.0500. The smallest absolute Gasteiger partial charge is 0.442 e. The highest BCUT2D eigenvalue weighted by atomic mass is 31.1. The Morgan fingerprint density at radius 1 is 1.25 bits per heavy atom. The summed E-state index contributed by atoms with van der Waals surface area (Å²) in [6.45, 7) is 0. The Balaban J connectivity index is 2.01. The standard InChI is InChI=1S/C9H8FO5P/c10-7-8(14-9(11)13-7)16(12)15-6-4-2-1-3-5-6/h1-5,7-8,16H. The molecule has 0 saturated carbocycles. The molecule has 3 atom stereocenters. The van der Waals surface area contributed by atoms with Crippen molar-refractivity contribution < 1.29 is 27.7 Å². The predicted octanol–water partition coefficient (Wildman–Crippen LogP) is 2.33. The Bertz CT molecular complexity index is 410. The molecule has 1 fully saturated rings. The predicted molar refractivity (Wildman–Crippen MR) is 52.3 cm³/mol. The van der Waals surface area contributed by atoms with Gasteiger partial charge in [-0.2, -0.15) is 4.39 Å². The summed E-state index contributed by atoms with van der Waals surface area (Å²) in [5, 5.41) is 0. The van der Waals surface area contributed by atoms with Gasteiger partial charge in [-0.3, -0.25) is 4.57 Å². The lowest BCUT2D eigenvalue weighted by atomic mass is 10.3. The number of halogens is 1. The van der Waals surface area contributed by atoms with E-state index in [-0.39, 0.29) is 0 Å². The topological polar surface area (TPSA) is 61.8 Å². The quantitative estimate of drug-likeness (QED) is 0.605. The van der Waals surface area contributed by atoms with Crippen LogP contribution in [0.15, 0.2) is 30.3 Å². The minimum absolute atomic E-state index is 0.321. The van der Waals surface area contributed by atoms with Crippen LogP contribution >= 0.6 is 8.03 Å². The van der Waals surface area contributed by atoms with E-state index in [4.69, 9.17) is 4.52 Å². The first-order chi connectivity index (χ1) is 7.66. The van der Waals surface area contributed by atoms with Crippen molar-refractivity contribution in [3.8, 4) is 5.75 Å². The molecule has 16 heavy (non-hydrogen) atoms. The summed E-state index contributed by atoms with van der Waals surface area (Å²) >= 11 is 0. The van der Waals surface area contributed by atoms with Gasteiger partial charge in [-0.25, -0.2) is 4.79 Å². The first-order valence-corrected chi connectivity index (χ1v) is 5.84. The van der Waals surface area contributed by atoms with Crippen molar-refractivity contribution >= 4 is 14.2 Å². The molecule has 0 aromatic heterocycles. The van der Waals surface area contributed by atoms with Crippen molar-refractivity contribution in [1.82, 2.24) is 0 Å². The van der Waals surface area contributed by atoms with Crippen LogP contribution in [0.1, 0.15) is 0 Å². The van der Waals surface area contributed by atoms with Gasteiger partial charge in [0.25, 0.3) is 20.2 Å². The number of ether oxygens (including phenoxy) is 2. The zero-order valence-electron chi connectivity index (χ0n) is 7.96. The monoisotopic (exact) mass is 246 g/mol. The molecule has 7 heteroatoms. The Labute approximate surface area is 91.0 Å². The van der Waals surface area contributed by atoms with Crippen molar-refractivity contribution in [3.05, 3.63) is 30.3 Å². The molecule has 5 nitrogen and oxygen atoms in total. The van der Waals surface area contributed by atoms with E-state index in [1.54, 1.807) is 30.3 Å². The second kappa shape index (κ2) is 4.53. The first kappa shape index (κ1) is 11.0. The minimum atomic E-state index is -2.89. The van der Waals surface area contributed by atoms with E-state index in [0.717, 1.165) is 0 Å². The van der Waals surface area contributed by atoms with E-state index < -0.39 is 26.4 Å². The maximum absolute atomic E-state index is 13.0. The summed E-state index contributed by atoms with van der Waals surface area (Å²) in [4.78, 5) is 10.6. The van der Waals surface area contributed by atoms with Crippen molar-refractivity contribution in [1.29, 1.82) is 0 Å². The number of carbonyl (C=O) groups is 1. The third-order valence-electron chi connectivity index (χ3n) is 1.86. The Morgan fingerprint density at radius 3 is 2.50 bits per heavy atom. The molecule has 0 N–H and O–H groups in total. The average Bonchev–Trinajstić information content (AvgIpc) is 2.59. The number of para-hydroxylation sites is 1. The summed E-state index contributed by atoms with van der Waals surface area (Å²) in [7, 11) is -2.89. The van der Waals surface area contributed by atoms with Gasteiger partial charge >= 0.3 is 6.16 Å². The number of rotatable bonds is 3. The maximum Gasteiger partial charge on any atom is 0.512 e. The van der Waals surface area contributed by atoms with Gasteiger partial charge in [0, 0.05) is 0 Å². The molecule has 0 radical (unpaired) electrons. The normalized spacial score (nSPS) is 25.7. The zero-order valence-corrected chi connectivity index (χ0v) is 8.96. The van der Waals surface area contributed by atoms with Crippen LogP contribution in [0.4, 0.5) is 9.18 Å². The van der Waals surface area contributed by atoms with Gasteiger partial charge in [-0.05, 0) is 12.1 Å². The summed E-state index contributed by atoms with van der Waals surface area (Å²) in [5.41, 5.74) is 0. The molecule has 1 aromatic carbocycles. The van der Waals surface area contributed by atoms with Crippen LogP contribution in [-0.2, 0) is 14.0 Å². The number of benzene rings is 1. The number of cyclic esters (lactones) is 2. The van der Waals surface area contributed by atoms with Gasteiger partial charge in [0.05, 0.1) is 0 Å². The van der Waals surface area contributed by atoms with Crippen LogP contribution < -0.4 is 4.52 Å². The van der Waals surface area contributed by atoms with E-state index in [1.807, 2.05) is 0 Å². The van der Waals surface area contributed by atoms with E-state index in [9.17, 15) is 13.8 Å². The first-order valence-electron chi connectivity index (χ1n) is 4.45. The Kier molecular flexibility index (Phi) is 3.10. The molecular formula is C9H8FO5P. The molecule has 0 aliphatic carbocycles. The van der Waals surface area contributed by atoms with Gasteiger partial charge in [0.15, 0.2) is 0 Å². The third-order valence-corrected chi connectivity index (χ3v) is 3.15. The van der Waals surface area contributed by atoms with Crippen molar-refractivity contribution in [3.63, 3.8) is 0 Å². The van der Waals surface area contributed by atoms with Gasteiger partial charge < -0.3 is 14.0 Å². The van der Waals surface area contributed by atoms with E-state index in [2.05, 4.69) is 9.47 Å². The fourth-order valence-corrected chi connectivity index (χ4v) is 2.12. The number of hydrogen-bond acceptors (Lipinski definition) is 5. The highest BCUT2D eigenvalue weighted by Crippen LogP contribution is 2.38. The van der Waals surface area contributed by atoms with Gasteiger partial charge in [-0.15, -0.1) is 0 Å². The van der Waals surface area contributed by atoms with Crippen LogP contribution in [0.2, 0.25) is 0 Å². The zero-order chi connectivity index (χ0) is 11.5. The molecule has 1 aromatic rings. The highest BCUT2D eigenvalue weighted by molar-refractivity contribution is 7.40. The van der Waals surface area contributed by atoms with E-state index in [0.29, 0.717) is 5.75 Å². The van der Waals surface area contributed by atoms with Crippen molar-refractivity contribution in [2.45, 2.75) is 12.2 Å². The molecule has 2 rings (SSSR count). The minimum Gasteiger partial charge on any atom is -0.442 e. The molecule has 1 saturated heterocycles. The lowest BCUT2D eigenvalue weighted by Gasteiger charge is -2.10. The van der Waals surface area contributed by atoms with Crippen molar-refractivity contribution in [2.24, 2.45) is 0 Å². The average molecular weight is 246 g/mol. The summed E-state index contributed by atoms with van der Waals surface area (Å²) in [6, 6.07) is 8.23. The molecule has 0 spiro atoms. The second-order valence-corrected chi connectivity index (χ2v) is 4.40. The number of carbonyl (C=O) groups excluding carboxylic acids is 1. The molecule has 1 aliphatic rings. The van der Waals surface area contributed by atoms with Crippen LogP contribution in [0.25, 0.3) is 0 Å². The van der Waals surface area contributed by atoms with Crippen LogP contribution in [0.5, 0.6) is 5.75 Å². The highest BCUT2D eigenvalue weighted by Gasteiger charge is 2.42. The summed E-state index contributed by atoms with van der Waals surface area (Å²) in [6.07, 6.45) is -3.21. The fourth-order valence-electron chi connectivity index (χ4n) is 1.16. The molecule has 1 heterocycles. The van der Waals surface area contributed by atoms with E-state index >= 15 is 0 Å². The molecule has 86 valence electrons. The molecule has 1 aliphatic heterocycles. The molecule has 0 amide bonds. The number of alkyl halides is 1. The number of hydrogen-bond donors (Lipinski definition) is 0. The Hall–Kier alpha value is -1.55. The van der Waals surface area contributed by atoms with Gasteiger partial charge in [0.1, 0.15) is 5.75 Å². The van der Waals surface area contributed by atoms with Crippen LogP contribution in [0, 0.1) is 0 Å². The summed E-state index contributed by atoms with van der Waals surface area (Å²) < 4.78 is 37.9.